The number of amides is 1. The van der Waals surface area contributed by atoms with Crippen molar-refractivity contribution < 1.29 is 4.79 Å². The summed E-state index contributed by atoms with van der Waals surface area (Å²) in [5.74, 6) is 0.871. The Kier molecular flexibility index (Phi) is 4.02. The maximum Gasteiger partial charge on any atom is 0.227 e. The molecule has 0 radical (unpaired) electrons. The molecule has 3 nitrogen and oxygen atoms in total. The van der Waals surface area contributed by atoms with Crippen LogP contribution in [0.4, 0.5) is 0 Å². The van der Waals surface area contributed by atoms with Crippen molar-refractivity contribution in [1.29, 1.82) is 0 Å². The van der Waals surface area contributed by atoms with Crippen LogP contribution < -0.4 is 5.73 Å². The van der Waals surface area contributed by atoms with Crippen molar-refractivity contribution >= 4 is 5.91 Å². The summed E-state index contributed by atoms with van der Waals surface area (Å²) < 4.78 is 0. The topological polar surface area (TPSA) is 46.3 Å². The Balaban J connectivity index is 1.98. The van der Waals surface area contributed by atoms with Crippen LogP contribution in [0.25, 0.3) is 0 Å². The van der Waals surface area contributed by atoms with E-state index < -0.39 is 0 Å². The van der Waals surface area contributed by atoms with Crippen LogP contribution in [0.15, 0.2) is 24.3 Å². The fourth-order valence-corrected chi connectivity index (χ4v) is 2.72. The summed E-state index contributed by atoms with van der Waals surface area (Å²) in [5, 5.41) is 0. The van der Waals surface area contributed by atoms with E-state index in [1.165, 1.54) is 0 Å². The van der Waals surface area contributed by atoms with Gasteiger partial charge in [-0.2, -0.15) is 0 Å². The molecule has 1 saturated heterocycles. The van der Waals surface area contributed by atoms with Gasteiger partial charge in [-0.25, -0.2) is 0 Å². The minimum atomic E-state index is 0.243. The Morgan fingerprint density at radius 2 is 1.89 bits per heavy atom. The van der Waals surface area contributed by atoms with Gasteiger partial charge in [0.25, 0.3) is 0 Å². The molecule has 1 fully saturated rings. The summed E-state index contributed by atoms with van der Waals surface area (Å²) in [6.45, 7) is 5.80. The fourth-order valence-electron chi connectivity index (χ4n) is 2.72. The van der Waals surface area contributed by atoms with Gasteiger partial charge in [0.2, 0.25) is 5.91 Å². The van der Waals surface area contributed by atoms with Crippen molar-refractivity contribution in [2.75, 3.05) is 6.54 Å². The third-order valence-corrected chi connectivity index (χ3v) is 3.72. The van der Waals surface area contributed by atoms with Gasteiger partial charge in [0.05, 0.1) is 6.42 Å². The van der Waals surface area contributed by atoms with Crippen molar-refractivity contribution in [2.24, 2.45) is 11.7 Å². The van der Waals surface area contributed by atoms with Crippen LogP contribution in [0, 0.1) is 5.92 Å². The third-order valence-electron chi connectivity index (χ3n) is 3.72. The van der Waals surface area contributed by atoms with E-state index in [2.05, 4.69) is 13.8 Å². The molecule has 3 heteroatoms. The van der Waals surface area contributed by atoms with Crippen LogP contribution in [-0.4, -0.2) is 23.4 Å². The molecule has 0 aliphatic carbocycles. The van der Waals surface area contributed by atoms with Gasteiger partial charge in [-0.05, 0) is 30.4 Å². The third kappa shape index (κ3) is 2.91. The lowest BCUT2D eigenvalue weighted by Crippen LogP contribution is -2.35. The smallest absolute Gasteiger partial charge is 0.227 e. The van der Waals surface area contributed by atoms with Gasteiger partial charge in [-0.1, -0.05) is 31.2 Å². The maximum atomic E-state index is 12.2. The predicted molar refractivity (Wildman–Crippen MR) is 73.0 cm³/mol. The van der Waals surface area contributed by atoms with Crippen molar-refractivity contribution in [2.45, 2.75) is 39.3 Å². The van der Waals surface area contributed by atoms with Gasteiger partial charge in [0.15, 0.2) is 0 Å². The quantitative estimate of drug-likeness (QED) is 0.886. The van der Waals surface area contributed by atoms with Gasteiger partial charge < -0.3 is 10.6 Å². The number of carbonyl (C=O) groups is 1. The largest absolute Gasteiger partial charge is 0.339 e. The van der Waals surface area contributed by atoms with E-state index in [1.807, 2.05) is 29.2 Å². The first-order valence-corrected chi connectivity index (χ1v) is 6.67. The molecule has 2 rings (SSSR count). The number of nitrogens with two attached hydrogens (primary N) is 1. The molecular weight excluding hydrogens is 224 g/mol. The number of rotatable bonds is 3. The Morgan fingerprint density at radius 1 is 1.28 bits per heavy atom. The first-order chi connectivity index (χ1) is 8.60. The highest BCUT2D eigenvalue weighted by molar-refractivity contribution is 5.79. The van der Waals surface area contributed by atoms with Crippen LogP contribution >= 0.6 is 0 Å². The number of benzene rings is 1. The zero-order chi connectivity index (χ0) is 13.1. The summed E-state index contributed by atoms with van der Waals surface area (Å²) in [7, 11) is 0. The van der Waals surface area contributed by atoms with Crippen LogP contribution in [0.2, 0.25) is 0 Å². The number of likely N-dealkylation sites (tertiary alicyclic amines) is 1. The molecule has 18 heavy (non-hydrogen) atoms. The van der Waals surface area contributed by atoms with Crippen LogP contribution in [0.5, 0.6) is 0 Å². The van der Waals surface area contributed by atoms with Crippen LogP contribution in [0.1, 0.15) is 31.4 Å². The molecule has 0 spiro atoms. The molecule has 1 aliphatic heterocycles. The molecule has 98 valence electrons. The zero-order valence-electron chi connectivity index (χ0n) is 11.2. The lowest BCUT2D eigenvalue weighted by molar-refractivity contribution is -0.131. The Hall–Kier alpha value is -1.35. The average molecular weight is 246 g/mol. The van der Waals surface area contributed by atoms with E-state index in [4.69, 9.17) is 5.73 Å². The molecule has 1 aromatic carbocycles. The second kappa shape index (κ2) is 5.53. The van der Waals surface area contributed by atoms with Crippen LogP contribution in [0.3, 0.4) is 0 Å². The predicted octanol–water partition coefficient (Wildman–Crippen LogP) is 1.94. The van der Waals surface area contributed by atoms with Gasteiger partial charge in [-0.15, -0.1) is 0 Å². The fraction of sp³-hybridized carbons (Fsp3) is 0.533. The van der Waals surface area contributed by atoms with Gasteiger partial charge in [0.1, 0.15) is 0 Å². The molecule has 2 atom stereocenters. The normalized spacial score (nSPS) is 23.4. The highest BCUT2D eigenvalue weighted by Gasteiger charge is 2.29. The highest BCUT2D eigenvalue weighted by Crippen LogP contribution is 2.23. The minimum absolute atomic E-state index is 0.243. The second-order valence-corrected chi connectivity index (χ2v) is 5.43. The molecule has 1 aliphatic rings. The molecule has 0 bridgehead atoms. The molecule has 1 heterocycles. The summed E-state index contributed by atoms with van der Waals surface area (Å²) in [6.07, 6.45) is 1.62. The summed E-state index contributed by atoms with van der Waals surface area (Å²) >= 11 is 0. The first-order valence-electron chi connectivity index (χ1n) is 6.67. The molecule has 0 aromatic heterocycles. The van der Waals surface area contributed by atoms with Crippen molar-refractivity contribution in [1.82, 2.24) is 4.90 Å². The van der Waals surface area contributed by atoms with E-state index >= 15 is 0 Å². The standard InChI is InChI=1S/C15H22N2O/c1-11-7-12(2)17(10-11)15(18)8-13-3-5-14(9-16)6-4-13/h3-6,11-12H,7-10,16H2,1-2H3. The highest BCUT2D eigenvalue weighted by atomic mass is 16.2. The summed E-state index contributed by atoms with van der Waals surface area (Å²) in [5.41, 5.74) is 7.74. The molecular formula is C15H22N2O. The van der Waals surface area contributed by atoms with Gasteiger partial charge >= 0.3 is 0 Å². The Bertz CT molecular complexity index is 413. The lowest BCUT2D eigenvalue weighted by atomic mass is 10.1. The van der Waals surface area contributed by atoms with Gasteiger partial charge in [0, 0.05) is 19.1 Å². The molecule has 1 amide bonds. The number of hydrogen-bond donors (Lipinski definition) is 1. The molecule has 2 N–H and O–H groups in total. The first kappa shape index (κ1) is 13.1. The zero-order valence-corrected chi connectivity index (χ0v) is 11.2. The Labute approximate surface area is 109 Å². The number of hydrogen-bond acceptors (Lipinski definition) is 2. The minimum Gasteiger partial charge on any atom is -0.339 e. The number of nitrogens with zero attached hydrogens (tertiary/aromatic N) is 1. The van der Waals surface area contributed by atoms with E-state index in [-0.39, 0.29) is 5.91 Å². The number of carbonyl (C=O) groups excluding carboxylic acids is 1. The van der Waals surface area contributed by atoms with E-state index in [0.29, 0.717) is 24.9 Å². The van der Waals surface area contributed by atoms with Crippen molar-refractivity contribution in [3.63, 3.8) is 0 Å². The SMILES string of the molecule is CC1CC(C)N(C(=O)Cc2ccc(CN)cc2)C1. The lowest BCUT2D eigenvalue weighted by Gasteiger charge is -2.21. The molecule has 0 saturated carbocycles. The van der Waals surface area contributed by atoms with Crippen LogP contribution in [-0.2, 0) is 17.8 Å². The second-order valence-electron chi connectivity index (χ2n) is 5.43. The summed E-state index contributed by atoms with van der Waals surface area (Å²) in [4.78, 5) is 14.2. The van der Waals surface area contributed by atoms with E-state index in [0.717, 1.165) is 24.1 Å². The molecule has 2 unspecified atom stereocenters. The van der Waals surface area contributed by atoms with Crippen molar-refractivity contribution in [3.05, 3.63) is 35.4 Å². The van der Waals surface area contributed by atoms with E-state index in [9.17, 15) is 4.79 Å². The monoisotopic (exact) mass is 246 g/mol. The maximum absolute atomic E-state index is 12.2. The summed E-state index contributed by atoms with van der Waals surface area (Å²) in [6, 6.07) is 8.39. The average Bonchev–Trinajstić information content (AvgIpc) is 2.69. The Morgan fingerprint density at radius 3 is 2.39 bits per heavy atom. The molecule has 1 aromatic rings. The van der Waals surface area contributed by atoms with Gasteiger partial charge in [-0.3, -0.25) is 4.79 Å². The van der Waals surface area contributed by atoms with Crippen molar-refractivity contribution in [3.8, 4) is 0 Å². The van der Waals surface area contributed by atoms with E-state index in [1.54, 1.807) is 0 Å².